The van der Waals surface area contributed by atoms with Crippen LogP contribution in [-0.4, -0.2) is 70.7 Å². The molecule has 1 amide bonds. The fourth-order valence-electron chi connectivity index (χ4n) is 3.64. The molecule has 6 heteroatoms. The van der Waals surface area contributed by atoms with Gasteiger partial charge in [-0.25, -0.2) is 4.98 Å². The summed E-state index contributed by atoms with van der Waals surface area (Å²) in [7, 11) is 0. The highest BCUT2D eigenvalue weighted by Gasteiger charge is 2.29. The summed E-state index contributed by atoms with van der Waals surface area (Å²) in [6, 6.07) is 0.350. The number of hydrogen-bond acceptors (Lipinski definition) is 4. The topological polar surface area (TPSA) is 50.6 Å². The van der Waals surface area contributed by atoms with E-state index in [-0.39, 0.29) is 5.91 Å². The summed E-state index contributed by atoms with van der Waals surface area (Å²) in [4.78, 5) is 21.7. The molecule has 2 fully saturated rings. The molecule has 2 aliphatic rings. The molecular formula is C17H28N4O2. The van der Waals surface area contributed by atoms with Crippen LogP contribution in [0.25, 0.3) is 0 Å². The van der Waals surface area contributed by atoms with Gasteiger partial charge in [0.2, 0.25) is 5.91 Å². The monoisotopic (exact) mass is 320 g/mol. The van der Waals surface area contributed by atoms with E-state index in [9.17, 15) is 4.79 Å². The third kappa shape index (κ3) is 4.12. The predicted octanol–water partition coefficient (Wildman–Crippen LogP) is 1.16. The van der Waals surface area contributed by atoms with Gasteiger partial charge in [-0.15, -0.1) is 0 Å². The van der Waals surface area contributed by atoms with Gasteiger partial charge in [-0.05, 0) is 19.3 Å². The first-order valence-corrected chi connectivity index (χ1v) is 8.87. The molecule has 0 saturated carbocycles. The lowest BCUT2D eigenvalue weighted by Crippen LogP contribution is -2.52. The molecule has 0 aliphatic carbocycles. The van der Waals surface area contributed by atoms with Crippen molar-refractivity contribution < 1.29 is 9.53 Å². The Labute approximate surface area is 138 Å². The van der Waals surface area contributed by atoms with Crippen molar-refractivity contribution in [2.24, 2.45) is 0 Å². The highest BCUT2D eigenvalue weighted by atomic mass is 16.5. The number of rotatable bonds is 5. The Bertz CT molecular complexity index is 510. The summed E-state index contributed by atoms with van der Waals surface area (Å²) < 4.78 is 7.42. The Hall–Kier alpha value is -1.40. The van der Waals surface area contributed by atoms with Gasteiger partial charge < -0.3 is 14.2 Å². The molecule has 0 bridgehead atoms. The Morgan fingerprint density at radius 1 is 1.30 bits per heavy atom. The maximum absolute atomic E-state index is 12.8. The van der Waals surface area contributed by atoms with E-state index in [1.165, 1.54) is 6.42 Å². The molecule has 0 aromatic carbocycles. The van der Waals surface area contributed by atoms with E-state index in [1.807, 2.05) is 10.8 Å². The first-order chi connectivity index (χ1) is 11.3. The second-order valence-electron chi connectivity index (χ2n) is 6.47. The van der Waals surface area contributed by atoms with Crippen LogP contribution in [0.15, 0.2) is 12.4 Å². The number of aryl methyl sites for hydroxylation is 1. The van der Waals surface area contributed by atoms with Gasteiger partial charge in [0, 0.05) is 51.0 Å². The first kappa shape index (κ1) is 16.5. The van der Waals surface area contributed by atoms with E-state index in [4.69, 9.17) is 4.74 Å². The van der Waals surface area contributed by atoms with Gasteiger partial charge in [0.15, 0.2) is 0 Å². The third-order valence-corrected chi connectivity index (χ3v) is 4.94. The lowest BCUT2D eigenvalue weighted by Gasteiger charge is -2.39. The first-order valence-electron chi connectivity index (χ1n) is 8.87. The molecule has 0 radical (unpaired) electrons. The number of morpholine rings is 1. The van der Waals surface area contributed by atoms with Gasteiger partial charge in [0.1, 0.15) is 12.4 Å². The van der Waals surface area contributed by atoms with Crippen molar-refractivity contribution in [2.45, 2.75) is 45.2 Å². The van der Waals surface area contributed by atoms with Crippen molar-refractivity contribution in [2.75, 3.05) is 39.4 Å². The van der Waals surface area contributed by atoms with Crippen LogP contribution < -0.4 is 0 Å². The average Bonchev–Trinajstić information content (AvgIpc) is 3.03. The lowest BCUT2D eigenvalue weighted by atomic mass is 10.0. The van der Waals surface area contributed by atoms with E-state index in [1.54, 1.807) is 6.20 Å². The number of piperidine rings is 1. The lowest BCUT2D eigenvalue weighted by molar-refractivity contribution is -0.136. The minimum atomic E-state index is 0.232. The molecular weight excluding hydrogens is 292 g/mol. The number of imidazole rings is 1. The Kier molecular flexibility index (Phi) is 5.67. The van der Waals surface area contributed by atoms with Gasteiger partial charge in [-0.2, -0.15) is 0 Å². The fraction of sp³-hybridized carbons (Fsp3) is 0.765. The molecule has 3 heterocycles. The molecule has 0 unspecified atom stereocenters. The standard InChI is InChI=1S/C17H28N4O2/c1-2-16-18-6-8-20(16)14-17(22)21-7-4-3-5-15(21)13-19-9-11-23-12-10-19/h6,8,15H,2-5,7,9-14H2,1H3/t15-/m1/s1. The molecule has 0 spiro atoms. The molecule has 2 aliphatic heterocycles. The second kappa shape index (κ2) is 7.93. The maximum Gasteiger partial charge on any atom is 0.242 e. The average molecular weight is 320 g/mol. The molecule has 23 heavy (non-hydrogen) atoms. The van der Waals surface area contributed by atoms with Crippen LogP contribution in [-0.2, 0) is 22.5 Å². The second-order valence-corrected chi connectivity index (χ2v) is 6.47. The number of nitrogens with zero attached hydrogens (tertiary/aromatic N) is 4. The van der Waals surface area contributed by atoms with Gasteiger partial charge in [0.05, 0.1) is 13.2 Å². The van der Waals surface area contributed by atoms with Gasteiger partial charge >= 0.3 is 0 Å². The number of amides is 1. The van der Waals surface area contributed by atoms with E-state index in [0.717, 1.165) is 64.5 Å². The number of hydrogen-bond donors (Lipinski definition) is 0. The molecule has 128 valence electrons. The van der Waals surface area contributed by atoms with Crippen molar-refractivity contribution in [3.05, 3.63) is 18.2 Å². The fourth-order valence-corrected chi connectivity index (χ4v) is 3.64. The molecule has 0 N–H and O–H groups in total. The molecule has 1 atom stereocenters. The summed E-state index contributed by atoms with van der Waals surface area (Å²) in [5.74, 6) is 1.22. The zero-order chi connectivity index (χ0) is 16.1. The summed E-state index contributed by atoms with van der Waals surface area (Å²) >= 11 is 0. The van der Waals surface area contributed by atoms with Crippen molar-refractivity contribution >= 4 is 5.91 Å². The van der Waals surface area contributed by atoms with Crippen LogP contribution in [0.2, 0.25) is 0 Å². The normalized spacial score (nSPS) is 23.2. The highest BCUT2D eigenvalue weighted by molar-refractivity contribution is 5.76. The summed E-state index contributed by atoms with van der Waals surface area (Å²) in [5, 5.41) is 0. The Morgan fingerprint density at radius 3 is 2.91 bits per heavy atom. The van der Waals surface area contributed by atoms with Crippen LogP contribution in [0.1, 0.15) is 32.0 Å². The number of aromatic nitrogens is 2. The van der Waals surface area contributed by atoms with Crippen LogP contribution in [0.5, 0.6) is 0 Å². The van der Waals surface area contributed by atoms with Crippen LogP contribution >= 0.6 is 0 Å². The molecule has 1 aromatic rings. The van der Waals surface area contributed by atoms with E-state index >= 15 is 0 Å². The van der Waals surface area contributed by atoms with Crippen molar-refractivity contribution in [3.63, 3.8) is 0 Å². The van der Waals surface area contributed by atoms with Crippen molar-refractivity contribution in [3.8, 4) is 0 Å². The Morgan fingerprint density at radius 2 is 2.13 bits per heavy atom. The van der Waals surface area contributed by atoms with Gasteiger partial charge in [0.25, 0.3) is 0 Å². The van der Waals surface area contributed by atoms with Crippen LogP contribution in [0, 0.1) is 0 Å². The number of ether oxygens (including phenoxy) is 1. The van der Waals surface area contributed by atoms with Gasteiger partial charge in [-0.3, -0.25) is 9.69 Å². The largest absolute Gasteiger partial charge is 0.379 e. The number of carbonyl (C=O) groups is 1. The minimum Gasteiger partial charge on any atom is -0.379 e. The Balaban J connectivity index is 1.61. The smallest absolute Gasteiger partial charge is 0.242 e. The SMILES string of the molecule is CCc1nccn1CC(=O)N1CCCC[C@@H]1CN1CCOCC1. The summed E-state index contributed by atoms with van der Waals surface area (Å²) in [5.41, 5.74) is 0. The zero-order valence-electron chi connectivity index (χ0n) is 14.1. The quantitative estimate of drug-likeness (QED) is 0.817. The van der Waals surface area contributed by atoms with Crippen LogP contribution in [0.3, 0.4) is 0 Å². The molecule has 3 rings (SSSR count). The number of carbonyl (C=O) groups excluding carboxylic acids is 1. The van der Waals surface area contributed by atoms with Crippen LogP contribution in [0.4, 0.5) is 0 Å². The predicted molar refractivity (Wildman–Crippen MR) is 88.2 cm³/mol. The van der Waals surface area contributed by atoms with Crippen molar-refractivity contribution in [1.82, 2.24) is 19.4 Å². The van der Waals surface area contributed by atoms with E-state index in [2.05, 4.69) is 21.7 Å². The van der Waals surface area contributed by atoms with E-state index in [0.29, 0.717) is 12.6 Å². The molecule has 2 saturated heterocycles. The van der Waals surface area contributed by atoms with Crippen molar-refractivity contribution in [1.29, 1.82) is 0 Å². The molecule has 1 aromatic heterocycles. The number of likely N-dealkylation sites (tertiary alicyclic amines) is 1. The zero-order valence-corrected chi connectivity index (χ0v) is 14.1. The summed E-state index contributed by atoms with van der Waals surface area (Å²) in [6.45, 7) is 7.98. The molecule has 6 nitrogen and oxygen atoms in total. The highest BCUT2D eigenvalue weighted by Crippen LogP contribution is 2.19. The third-order valence-electron chi connectivity index (χ3n) is 4.94. The summed E-state index contributed by atoms with van der Waals surface area (Å²) in [6.07, 6.45) is 8.02. The maximum atomic E-state index is 12.8. The van der Waals surface area contributed by atoms with Gasteiger partial charge in [-0.1, -0.05) is 6.92 Å². The van der Waals surface area contributed by atoms with E-state index < -0.39 is 0 Å². The minimum absolute atomic E-state index is 0.232.